The number of rotatable bonds is 8. The molecule has 1 aromatic carbocycles. The minimum absolute atomic E-state index is 0.221. The fraction of sp³-hybridized carbons (Fsp3) is 0.360. The first kappa shape index (κ1) is 24.0. The van der Waals surface area contributed by atoms with Crippen LogP contribution in [-0.4, -0.2) is 40.0 Å². The Balaban J connectivity index is 1.68. The molecule has 0 radical (unpaired) electrons. The van der Waals surface area contributed by atoms with Crippen molar-refractivity contribution in [2.24, 2.45) is 5.92 Å². The highest BCUT2D eigenvalue weighted by molar-refractivity contribution is 6.00. The van der Waals surface area contributed by atoms with E-state index in [1.165, 1.54) is 0 Å². The maximum Gasteiger partial charge on any atom is 0.329 e. The molecule has 1 atom stereocenters. The second kappa shape index (κ2) is 9.85. The number of nitrogens with zero attached hydrogens (tertiary/aromatic N) is 2. The number of hydrogen-bond donors (Lipinski definition) is 1. The molecule has 0 saturated heterocycles. The van der Waals surface area contributed by atoms with Gasteiger partial charge in [-0.1, -0.05) is 36.7 Å². The lowest BCUT2D eigenvalue weighted by atomic mass is 10.0. The second-order valence-corrected chi connectivity index (χ2v) is 8.51. The van der Waals surface area contributed by atoms with E-state index >= 15 is 0 Å². The minimum atomic E-state index is -0.878. The van der Waals surface area contributed by atoms with Crippen molar-refractivity contribution in [2.75, 3.05) is 6.61 Å². The highest BCUT2D eigenvalue weighted by Gasteiger charge is 2.27. The number of carbonyl (C=O) groups is 3. The number of ether oxygens (including phenoxy) is 1. The zero-order valence-electron chi connectivity index (χ0n) is 19.8. The third-order valence-corrected chi connectivity index (χ3v) is 5.41. The van der Waals surface area contributed by atoms with E-state index in [4.69, 9.17) is 9.26 Å². The number of ketones is 1. The van der Waals surface area contributed by atoms with Gasteiger partial charge in [0.15, 0.2) is 12.4 Å². The molecule has 1 amide bonds. The Morgan fingerprint density at radius 3 is 2.42 bits per heavy atom. The molecule has 8 nitrogen and oxygen atoms in total. The number of aromatic nitrogens is 2. The van der Waals surface area contributed by atoms with E-state index in [0.717, 1.165) is 11.3 Å². The topological polar surface area (TPSA) is 103 Å². The molecule has 8 heteroatoms. The van der Waals surface area contributed by atoms with E-state index in [0.29, 0.717) is 28.4 Å². The summed E-state index contributed by atoms with van der Waals surface area (Å²) in [4.78, 5) is 38.1. The number of esters is 1. The van der Waals surface area contributed by atoms with E-state index in [1.54, 1.807) is 58.0 Å². The molecule has 0 fully saturated rings. The predicted molar refractivity (Wildman–Crippen MR) is 123 cm³/mol. The van der Waals surface area contributed by atoms with Gasteiger partial charge in [-0.25, -0.2) is 4.79 Å². The van der Waals surface area contributed by atoms with Gasteiger partial charge in [0, 0.05) is 28.6 Å². The molecule has 3 rings (SSSR count). The molecule has 0 aliphatic heterocycles. The number of amides is 1. The maximum absolute atomic E-state index is 12.8. The molecule has 0 aliphatic carbocycles. The zero-order chi connectivity index (χ0) is 24.3. The summed E-state index contributed by atoms with van der Waals surface area (Å²) in [5.74, 6) is -0.339. The monoisotopic (exact) mass is 451 g/mol. The van der Waals surface area contributed by atoms with E-state index in [2.05, 4.69) is 10.5 Å². The summed E-state index contributed by atoms with van der Waals surface area (Å²) in [6, 6.07) is 9.72. The van der Waals surface area contributed by atoms with E-state index in [-0.39, 0.29) is 17.6 Å². The van der Waals surface area contributed by atoms with Crippen LogP contribution >= 0.6 is 0 Å². The molecular weight excluding hydrogens is 422 g/mol. The largest absolute Gasteiger partial charge is 0.456 e. The van der Waals surface area contributed by atoms with Gasteiger partial charge in [0.1, 0.15) is 11.8 Å². The van der Waals surface area contributed by atoms with Crippen LogP contribution in [0.3, 0.4) is 0 Å². The first-order valence-corrected chi connectivity index (χ1v) is 10.8. The SMILES string of the molecule is Cc1cccc(C(=O)N[C@H](C(=O)OCC(=O)c2cc(C)n(-c3cc(C)on3)c2C)C(C)C)c1. The molecule has 0 bridgehead atoms. The maximum atomic E-state index is 12.8. The Kier molecular flexibility index (Phi) is 7.16. The van der Waals surface area contributed by atoms with Gasteiger partial charge in [0.25, 0.3) is 5.91 Å². The normalized spacial score (nSPS) is 12.0. The van der Waals surface area contributed by atoms with Gasteiger partial charge in [0.05, 0.1) is 0 Å². The summed E-state index contributed by atoms with van der Waals surface area (Å²) in [6.45, 7) is 10.5. The fourth-order valence-electron chi connectivity index (χ4n) is 3.67. The summed E-state index contributed by atoms with van der Waals surface area (Å²) in [6.07, 6.45) is 0. The Hall–Kier alpha value is -3.68. The smallest absolute Gasteiger partial charge is 0.329 e. The zero-order valence-corrected chi connectivity index (χ0v) is 19.8. The van der Waals surface area contributed by atoms with E-state index < -0.39 is 18.6 Å². The number of aryl methyl sites for hydroxylation is 3. The molecule has 1 N–H and O–H groups in total. The van der Waals surface area contributed by atoms with Crippen LogP contribution in [0.15, 0.2) is 40.9 Å². The highest BCUT2D eigenvalue weighted by Crippen LogP contribution is 2.21. The standard InChI is InChI=1S/C25H29N3O5/c1-14(2)23(26-24(30)19-9-7-8-15(3)10-19)25(31)32-13-21(29)20-11-16(4)28(18(20)6)22-12-17(5)33-27-22/h7-12,14,23H,13H2,1-6H3,(H,26,30)/t23-/m0/s1. The average molecular weight is 452 g/mol. The van der Waals surface area contributed by atoms with Gasteiger partial charge in [-0.2, -0.15) is 0 Å². The molecule has 0 aliphatic rings. The summed E-state index contributed by atoms with van der Waals surface area (Å²) < 4.78 is 12.3. The summed E-state index contributed by atoms with van der Waals surface area (Å²) >= 11 is 0. The molecule has 33 heavy (non-hydrogen) atoms. The number of Topliss-reactive ketones (excluding diaryl/α,β-unsaturated/α-hetero) is 1. The molecule has 0 saturated carbocycles. The Morgan fingerprint density at radius 2 is 1.82 bits per heavy atom. The number of hydrogen-bond acceptors (Lipinski definition) is 6. The van der Waals surface area contributed by atoms with Gasteiger partial charge < -0.3 is 14.6 Å². The first-order chi connectivity index (χ1) is 15.6. The molecule has 0 spiro atoms. The number of carbonyl (C=O) groups excluding carboxylic acids is 3. The third-order valence-electron chi connectivity index (χ3n) is 5.41. The summed E-state index contributed by atoms with van der Waals surface area (Å²) in [7, 11) is 0. The third kappa shape index (κ3) is 5.39. The summed E-state index contributed by atoms with van der Waals surface area (Å²) in [5, 5.41) is 6.73. The van der Waals surface area contributed by atoms with Crippen LogP contribution in [0.4, 0.5) is 0 Å². The van der Waals surface area contributed by atoms with Crippen LogP contribution in [0, 0.1) is 33.6 Å². The van der Waals surface area contributed by atoms with Gasteiger partial charge in [0.2, 0.25) is 5.78 Å². The molecule has 2 aromatic heterocycles. The minimum Gasteiger partial charge on any atom is -0.456 e. The van der Waals surface area contributed by atoms with Gasteiger partial charge in [-0.15, -0.1) is 0 Å². The van der Waals surface area contributed by atoms with Crippen molar-refractivity contribution in [3.63, 3.8) is 0 Å². The predicted octanol–water partition coefficient (Wildman–Crippen LogP) is 3.88. The second-order valence-electron chi connectivity index (χ2n) is 8.51. The highest BCUT2D eigenvalue weighted by atomic mass is 16.5. The molecular formula is C25H29N3O5. The van der Waals surface area contributed by atoms with Crippen molar-refractivity contribution >= 4 is 17.7 Å². The van der Waals surface area contributed by atoms with Crippen molar-refractivity contribution in [3.05, 3.63) is 70.2 Å². The lowest BCUT2D eigenvalue weighted by Crippen LogP contribution is -2.45. The van der Waals surface area contributed by atoms with Crippen LogP contribution in [-0.2, 0) is 9.53 Å². The molecule has 3 aromatic rings. The van der Waals surface area contributed by atoms with E-state index in [1.807, 2.05) is 24.5 Å². The van der Waals surface area contributed by atoms with Crippen molar-refractivity contribution in [1.82, 2.24) is 15.0 Å². The first-order valence-electron chi connectivity index (χ1n) is 10.8. The molecule has 174 valence electrons. The van der Waals surface area contributed by atoms with Crippen molar-refractivity contribution in [2.45, 2.75) is 47.6 Å². The number of nitrogens with one attached hydrogen (secondary N) is 1. The van der Waals surface area contributed by atoms with Crippen LogP contribution in [0.1, 0.15) is 57.3 Å². The van der Waals surface area contributed by atoms with E-state index in [9.17, 15) is 14.4 Å². The quantitative estimate of drug-likeness (QED) is 0.412. The average Bonchev–Trinajstić information content (AvgIpc) is 3.31. The molecule has 2 heterocycles. The Morgan fingerprint density at radius 1 is 1.09 bits per heavy atom. The van der Waals surface area contributed by atoms with Gasteiger partial charge >= 0.3 is 5.97 Å². The lowest BCUT2D eigenvalue weighted by Gasteiger charge is -2.21. The van der Waals surface area contributed by atoms with Gasteiger partial charge in [-0.3, -0.25) is 14.2 Å². The van der Waals surface area contributed by atoms with Crippen LogP contribution in [0.5, 0.6) is 0 Å². The lowest BCUT2D eigenvalue weighted by molar-refractivity contribution is -0.145. The fourth-order valence-corrected chi connectivity index (χ4v) is 3.67. The van der Waals surface area contributed by atoms with Crippen LogP contribution in [0.2, 0.25) is 0 Å². The Labute approximate surface area is 192 Å². The van der Waals surface area contributed by atoms with Gasteiger partial charge in [-0.05, 0) is 51.8 Å². The summed E-state index contributed by atoms with van der Waals surface area (Å²) in [5.41, 5.74) is 3.32. The van der Waals surface area contributed by atoms with Crippen molar-refractivity contribution < 1.29 is 23.6 Å². The number of benzene rings is 1. The van der Waals surface area contributed by atoms with Crippen LogP contribution < -0.4 is 5.32 Å². The van der Waals surface area contributed by atoms with Crippen molar-refractivity contribution in [1.29, 1.82) is 0 Å². The molecule has 0 unspecified atom stereocenters. The van der Waals surface area contributed by atoms with Crippen LogP contribution in [0.25, 0.3) is 5.82 Å². The van der Waals surface area contributed by atoms with Crippen molar-refractivity contribution in [3.8, 4) is 5.82 Å². The Bertz CT molecular complexity index is 1190.